The molecule has 2 N–H and O–H groups in total. The van der Waals surface area contributed by atoms with Crippen molar-refractivity contribution in [1.29, 1.82) is 0 Å². The summed E-state index contributed by atoms with van der Waals surface area (Å²) in [6, 6.07) is 17.8. The summed E-state index contributed by atoms with van der Waals surface area (Å²) >= 11 is 1.32. The molecule has 0 unspecified atom stereocenters. The number of nitrogens with one attached hydrogen (secondary N) is 2. The number of hydrogen-bond donors (Lipinski definition) is 2. The first kappa shape index (κ1) is 21.6. The van der Waals surface area contributed by atoms with E-state index in [1.165, 1.54) is 42.7 Å². The molecule has 0 saturated heterocycles. The second-order valence-corrected chi connectivity index (χ2v) is 9.35. The smallest absolute Gasteiger partial charge is 0.262 e. The van der Waals surface area contributed by atoms with Crippen molar-refractivity contribution < 1.29 is 22.7 Å². The zero-order valence-electron chi connectivity index (χ0n) is 17.2. The maximum atomic E-state index is 12.7. The van der Waals surface area contributed by atoms with Gasteiger partial charge in [0.05, 0.1) is 35.0 Å². The van der Waals surface area contributed by atoms with Gasteiger partial charge in [-0.2, -0.15) is 0 Å². The molecule has 4 aromatic rings. The number of sulfonamides is 1. The fourth-order valence-corrected chi connectivity index (χ4v) is 4.93. The van der Waals surface area contributed by atoms with E-state index >= 15 is 0 Å². The van der Waals surface area contributed by atoms with E-state index in [-0.39, 0.29) is 4.90 Å². The Hall–Kier alpha value is -3.63. The maximum Gasteiger partial charge on any atom is 0.262 e. The summed E-state index contributed by atoms with van der Waals surface area (Å²) in [5, 5.41) is 3.18. The zero-order chi connectivity index (χ0) is 22.7. The van der Waals surface area contributed by atoms with Crippen molar-refractivity contribution >= 4 is 48.3 Å². The third-order valence-corrected chi connectivity index (χ3v) is 6.91. The fraction of sp³-hybridized carbons (Fsp3) is 0.0909. The number of nitrogens with zero attached hydrogens (tertiary/aromatic N) is 1. The summed E-state index contributed by atoms with van der Waals surface area (Å²) in [7, 11) is -0.810. The van der Waals surface area contributed by atoms with Crippen LogP contribution in [0.1, 0.15) is 10.4 Å². The highest BCUT2D eigenvalue weighted by molar-refractivity contribution is 7.92. The monoisotopic (exact) mass is 469 g/mol. The summed E-state index contributed by atoms with van der Waals surface area (Å²) in [5.74, 6) is 0.718. The van der Waals surface area contributed by atoms with Crippen molar-refractivity contribution in [3.8, 4) is 11.5 Å². The van der Waals surface area contributed by atoms with Crippen molar-refractivity contribution in [2.75, 3.05) is 24.3 Å². The molecular formula is C22H19N3O5S2. The standard InChI is InChI=1S/C22H19N3O5S2/c1-29-15-9-12-18-20(13-15)31-22(23-18)24-21(26)14-7-10-16(11-8-14)32(27,28)25-17-5-3-4-6-19(17)30-2/h3-13,25H,1-2H3,(H,23,24,26). The largest absolute Gasteiger partial charge is 0.497 e. The van der Waals surface area contributed by atoms with Gasteiger partial charge in [-0.15, -0.1) is 0 Å². The van der Waals surface area contributed by atoms with Crippen LogP contribution in [0.25, 0.3) is 10.2 Å². The first-order valence-corrected chi connectivity index (χ1v) is 11.7. The molecule has 32 heavy (non-hydrogen) atoms. The Balaban J connectivity index is 1.49. The molecule has 0 aliphatic carbocycles. The number of ether oxygens (including phenoxy) is 2. The normalized spacial score (nSPS) is 11.2. The minimum absolute atomic E-state index is 0.0204. The molecule has 1 aromatic heterocycles. The number of hydrogen-bond acceptors (Lipinski definition) is 7. The number of carbonyl (C=O) groups is 1. The van der Waals surface area contributed by atoms with Crippen LogP contribution in [0.2, 0.25) is 0 Å². The van der Waals surface area contributed by atoms with Crippen molar-refractivity contribution in [1.82, 2.24) is 4.98 Å². The Morgan fingerprint density at radius 2 is 1.72 bits per heavy atom. The lowest BCUT2D eigenvalue weighted by atomic mass is 10.2. The summed E-state index contributed by atoms with van der Waals surface area (Å²) < 4.78 is 39.2. The summed E-state index contributed by atoms with van der Waals surface area (Å²) in [5.41, 5.74) is 1.37. The zero-order valence-corrected chi connectivity index (χ0v) is 18.8. The van der Waals surface area contributed by atoms with Crippen LogP contribution < -0.4 is 19.5 Å². The van der Waals surface area contributed by atoms with E-state index in [2.05, 4.69) is 15.0 Å². The predicted octanol–water partition coefficient (Wildman–Crippen LogP) is 4.37. The molecule has 0 bridgehead atoms. The summed E-state index contributed by atoms with van der Waals surface area (Å²) in [6.07, 6.45) is 0. The number of anilines is 2. The molecule has 4 rings (SSSR count). The lowest BCUT2D eigenvalue weighted by Gasteiger charge is -2.12. The van der Waals surface area contributed by atoms with E-state index in [0.717, 1.165) is 10.2 Å². The molecule has 0 radical (unpaired) electrons. The van der Waals surface area contributed by atoms with Crippen LogP contribution in [0.5, 0.6) is 11.5 Å². The van der Waals surface area contributed by atoms with Gasteiger partial charge in [-0.05, 0) is 54.6 Å². The molecule has 1 heterocycles. The van der Waals surface area contributed by atoms with Crippen molar-refractivity contribution in [3.05, 3.63) is 72.3 Å². The van der Waals surface area contributed by atoms with Crippen LogP contribution in [0.3, 0.4) is 0 Å². The quantitative estimate of drug-likeness (QED) is 0.416. The molecule has 0 aliphatic rings. The second kappa shape index (κ2) is 8.85. The number of rotatable bonds is 7. The third-order valence-electron chi connectivity index (χ3n) is 4.59. The number of thiazole rings is 1. The van der Waals surface area contributed by atoms with E-state index in [4.69, 9.17) is 9.47 Å². The average molecular weight is 470 g/mol. The highest BCUT2D eigenvalue weighted by Crippen LogP contribution is 2.30. The van der Waals surface area contributed by atoms with Gasteiger partial charge < -0.3 is 9.47 Å². The Morgan fingerprint density at radius 1 is 0.969 bits per heavy atom. The topological polar surface area (TPSA) is 107 Å². The number of para-hydroxylation sites is 2. The van der Waals surface area contributed by atoms with Crippen LogP contribution in [0, 0.1) is 0 Å². The van der Waals surface area contributed by atoms with Crippen molar-refractivity contribution in [3.63, 3.8) is 0 Å². The minimum atomic E-state index is -3.86. The van der Waals surface area contributed by atoms with E-state index in [9.17, 15) is 13.2 Å². The van der Waals surface area contributed by atoms with Gasteiger partial charge >= 0.3 is 0 Å². The van der Waals surface area contributed by atoms with E-state index in [0.29, 0.717) is 27.9 Å². The van der Waals surface area contributed by atoms with Crippen LogP contribution in [-0.4, -0.2) is 33.5 Å². The Kier molecular flexibility index (Phi) is 5.97. The van der Waals surface area contributed by atoms with Gasteiger partial charge in [-0.25, -0.2) is 13.4 Å². The first-order valence-electron chi connectivity index (χ1n) is 9.41. The number of methoxy groups -OCH3 is 2. The van der Waals surface area contributed by atoms with Crippen LogP contribution in [-0.2, 0) is 10.0 Å². The Morgan fingerprint density at radius 3 is 2.44 bits per heavy atom. The SMILES string of the molecule is COc1ccc2nc(NC(=O)c3ccc(S(=O)(=O)Nc4ccccc4OC)cc3)sc2c1. The molecule has 0 aliphatic heterocycles. The molecule has 3 aromatic carbocycles. The van der Waals surface area contributed by atoms with Crippen LogP contribution in [0.15, 0.2) is 71.6 Å². The Bertz CT molecular complexity index is 1380. The third kappa shape index (κ3) is 4.51. The van der Waals surface area contributed by atoms with Gasteiger partial charge in [-0.3, -0.25) is 14.8 Å². The lowest BCUT2D eigenvalue weighted by Crippen LogP contribution is -2.15. The first-order chi connectivity index (χ1) is 15.4. The predicted molar refractivity (Wildman–Crippen MR) is 124 cm³/mol. The maximum absolute atomic E-state index is 12.7. The molecule has 0 fully saturated rings. The van der Waals surface area contributed by atoms with Crippen molar-refractivity contribution in [2.45, 2.75) is 4.90 Å². The van der Waals surface area contributed by atoms with E-state index < -0.39 is 15.9 Å². The van der Waals surface area contributed by atoms with Crippen molar-refractivity contribution in [2.24, 2.45) is 0 Å². The van der Waals surface area contributed by atoms with E-state index in [1.807, 2.05) is 12.1 Å². The van der Waals surface area contributed by atoms with Crippen LogP contribution in [0.4, 0.5) is 10.8 Å². The lowest BCUT2D eigenvalue weighted by molar-refractivity contribution is 0.102. The molecule has 0 atom stereocenters. The summed E-state index contributed by atoms with van der Waals surface area (Å²) in [6.45, 7) is 0. The van der Waals surface area contributed by atoms with Gasteiger partial charge in [-0.1, -0.05) is 23.5 Å². The number of aromatic nitrogens is 1. The average Bonchev–Trinajstić information content (AvgIpc) is 3.20. The second-order valence-electron chi connectivity index (χ2n) is 6.64. The number of carbonyl (C=O) groups excluding carboxylic acids is 1. The van der Waals surface area contributed by atoms with Gasteiger partial charge in [0, 0.05) is 5.56 Å². The number of fused-ring (bicyclic) bond motifs is 1. The van der Waals surface area contributed by atoms with E-state index in [1.54, 1.807) is 37.4 Å². The van der Waals surface area contributed by atoms with Gasteiger partial charge in [0.1, 0.15) is 11.5 Å². The minimum Gasteiger partial charge on any atom is -0.497 e. The fourth-order valence-electron chi connectivity index (χ4n) is 2.97. The highest BCUT2D eigenvalue weighted by atomic mass is 32.2. The molecule has 10 heteroatoms. The summed E-state index contributed by atoms with van der Waals surface area (Å²) in [4.78, 5) is 17.0. The molecule has 8 nitrogen and oxygen atoms in total. The van der Waals surface area contributed by atoms with Gasteiger partial charge in [0.15, 0.2) is 5.13 Å². The molecule has 164 valence electrons. The number of amides is 1. The van der Waals surface area contributed by atoms with Gasteiger partial charge in [0.25, 0.3) is 15.9 Å². The molecule has 0 spiro atoms. The van der Waals surface area contributed by atoms with Crippen LogP contribution >= 0.6 is 11.3 Å². The molecule has 0 saturated carbocycles. The molecular weight excluding hydrogens is 450 g/mol. The highest BCUT2D eigenvalue weighted by Gasteiger charge is 2.18. The Labute approximate surface area is 188 Å². The number of benzene rings is 3. The molecule has 1 amide bonds. The van der Waals surface area contributed by atoms with Gasteiger partial charge in [0.2, 0.25) is 0 Å².